The van der Waals surface area contributed by atoms with Crippen LogP contribution in [0.4, 0.5) is 5.69 Å². The third-order valence-corrected chi connectivity index (χ3v) is 6.07. The first kappa shape index (κ1) is 24.7. The van der Waals surface area contributed by atoms with Gasteiger partial charge in [-0.1, -0.05) is 25.1 Å². The summed E-state index contributed by atoms with van der Waals surface area (Å²) in [6.45, 7) is 7.79. The fraction of sp³-hybridized carbons (Fsp3) is 0.440. The average molecular weight is 454 g/mol. The first-order valence-electron chi connectivity index (χ1n) is 11.2. The van der Waals surface area contributed by atoms with Gasteiger partial charge in [0.25, 0.3) is 5.91 Å². The number of benzene rings is 2. The molecule has 4 N–H and O–H groups in total. The number of hydrogen-bond donors (Lipinski definition) is 4. The van der Waals surface area contributed by atoms with Crippen molar-refractivity contribution in [3.05, 3.63) is 47.5 Å². The number of amides is 1. The molecule has 0 aliphatic carbocycles. The van der Waals surface area contributed by atoms with Crippen molar-refractivity contribution in [2.45, 2.75) is 57.8 Å². The summed E-state index contributed by atoms with van der Waals surface area (Å²) in [5.41, 5.74) is 1.60. The fourth-order valence-electron chi connectivity index (χ4n) is 4.11. The Kier molecular flexibility index (Phi) is 8.06. The average Bonchev–Trinajstić information content (AvgIpc) is 2.83. The molecule has 0 bridgehead atoms. The van der Waals surface area contributed by atoms with E-state index >= 15 is 0 Å². The van der Waals surface area contributed by atoms with E-state index in [1.165, 1.54) is 6.08 Å². The van der Waals surface area contributed by atoms with Crippen LogP contribution in [-0.2, 0) is 9.53 Å². The van der Waals surface area contributed by atoms with Crippen molar-refractivity contribution in [2.24, 2.45) is 0 Å². The topological polar surface area (TPSA) is 126 Å². The van der Waals surface area contributed by atoms with Gasteiger partial charge in [0.1, 0.15) is 29.9 Å². The molecule has 1 heterocycles. The summed E-state index contributed by atoms with van der Waals surface area (Å²) >= 11 is 0. The number of anilines is 1. The predicted octanol–water partition coefficient (Wildman–Crippen LogP) is 1.93. The van der Waals surface area contributed by atoms with Crippen LogP contribution >= 0.6 is 0 Å². The fourth-order valence-corrected chi connectivity index (χ4v) is 4.11. The number of ether oxygens (including phenoxy) is 1. The van der Waals surface area contributed by atoms with Crippen molar-refractivity contribution in [3.63, 3.8) is 0 Å². The number of nitrogens with one attached hydrogen (secondary N) is 1. The van der Waals surface area contributed by atoms with Crippen LogP contribution in [-0.4, -0.2) is 65.0 Å². The third kappa shape index (κ3) is 5.34. The van der Waals surface area contributed by atoms with E-state index in [1.807, 2.05) is 36.4 Å². The number of aliphatic hydroxyl groups excluding tert-OH is 3. The van der Waals surface area contributed by atoms with Crippen LogP contribution in [0.5, 0.6) is 0 Å². The molecule has 0 radical (unpaired) electrons. The molecule has 1 saturated heterocycles. The van der Waals surface area contributed by atoms with Crippen molar-refractivity contribution >= 4 is 28.4 Å². The van der Waals surface area contributed by atoms with Gasteiger partial charge in [0, 0.05) is 18.8 Å². The smallest absolute Gasteiger partial charge is 0.262 e. The van der Waals surface area contributed by atoms with E-state index in [0.717, 1.165) is 29.5 Å². The number of rotatable bonds is 7. The maximum atomic E-state index is 12.7. The third-order valence-electron chi connectivity index (χ3n) is 6.07. The Morgan fingerprint density at radius 2 is 1.76 bits per heavy atom. The minimum absolute atomic E-state index is 0.194. The Labute approximate surface area is 193 Å². The first-order valence-corrected chi connectivity index (χ1v) is 11.2. The van der Waals surface area contributed by atoms with E-state index in [2.05, 4.69) is 30.1 Å². The van der Waals surface area contributed by atoms with E-state index in [4.69, 9.17) is 4.74 Å². The summed E-state index contributed by atoms with van der Waals surface area (Å²) in [5, 5.41) is 44.6. The van der Waals surface area contributed by atoms with Gasteiger partial charge in [-0.25, -0.2) is 0 Å². The highest BCUT2D eigenvalue weighted by Crippen LogP contribution is 2.25. The summed E-state index contributed by atoms with van der Waals surface area (Å²) in [4.78, 5) is 14.9. The zero-order valence-corrected chi connectivity index (χ0v) is 19.1. The zero-order chi connectivity index (χ0) is 24.1. The van der Waals surface area contributed by atoms with Gasteiger partial charge in [-0.05, 0) is 60.9 Å². The molecule has 1 fully saturated rings. The van der Waals surface area contributed by atoms with E-state index in [-0.39, 0.29) is 5.57 Å². The van der Waals surface area contributed by atoms with Crippen LogP contribution in [0, 0.1) is 11.3 Å². The summed E-state index contributed by atoms with van der Waals surface area (Å²) in [6.07, 6.45) is -3.10. The standard InChI is InChI=1S/C25H31N3O5/c1-4-20-22(29)23(30)21(25(32)33-20)27-24(31)18(14-26)12-15-7-8-17-13-19(28(5-2)6-3)10-9-16(17)11-15/h7-13,20-23,25,29-30,32H,4-6H2,1-3H3,(H,27,31)/b18-12+/t20-,21-,22-,23-,25?/m1/s1. The van der Waals surface area contributed by atoms with Gasteiger partial charge in [0.2, 0.25) is 0 Å². The molecule has 33 heavy (non-hydrogen) atoms. The number of nitrogens with zero attached hydrogens (tertiary/aromatic N) is 2. The van der Waals surface area contributed by atoms with Gasteiger partial charge in [0.05, 0.1) is 6.10 Å². The van der Waals surface area contributed by atoms with Gasteiger partial charge in [-0.15, -0.1) is 0 Å². The molecule has 0 spiro atoms. The predicted molar refractivity (Wildman–Crippen MR) is 126 cm³/mol. The number of carbonyl (C=O) groups is 1. The number of carbonyl (C=O) groups excluding carboxylic acids is 1. The molecule has 1 aliphatic rings. The molecule has 1 unspecified atom stereocenters. The van der Waals surface area contributed by atoms with Crippen LogP contribution in [0.3, 0.4) is 0 Å². The highest BCUT2D eigenvalue weighted by molar-refractivity contribution is 6.02. The molecule has 8 heteroatoms. The number of nitriles is 1. The lowest BCUT2D eigenvalue weighted by Gasteiger charge is -2.40. The number of hydrogen-bond acceptors (Lipinski definition) is 7. The van der Waals surface area contributed by atoms with Crippen LogP contribution in [0.15, 0.2) is 42.0 Å². The molecule has 176 valence electrons. The molecule has 1 aliphatic heterocycles. The van der Waals surface area contributed by atoms with Crippen molar-refractivity contribution in [1.29, 1.82) is 5.26 Å². The molecule has 0 aromatic heterocycles. The van der Waals surface area contributed by atoms with Gasteiger partial charge < -0.3 is 30.3 Å². The lowest BCUT2D eigenvalue weighted by atomic mass is 9.95. The SMILES string of the molecule is CC[C@H]1OC(O)[C@H](NC(=O)/C(C#N)=C/c2ccc3cc(N(CC)CC)ccc3c2)[C@@H](O)[C@@H]1O. The summed E-state index contributed by atoms with van der Waals surface area (Å²) < 4.78 is 5.28. The van der Waals surface area contributed by atoms with Crippen LogP contribution in [0.1, 0.15) is 32.8 Å². The highest BCUT2D eigenvalue weighted by atomic mass is 16.6. The number of aliphatic hydroxyl groups is 3. The Balaban J connectivity index is 1.80. The molecule has 2 aromatic carbocycles. The normalized spacial score (nSPS) is 25.5. The summed E-state index contributed by atoms with van der Waals surface area (Å²) in [6, 6.07) is 12.4. The van der Waals surface area contributed by atoms with Gasteiger partial charge in [0.15, 0.2) is 6.29 Å². The molecule has 8 nitrogen and oxygen atoms in total. The highest BCUT2D eigenvalue weighted by Gasteiger charge is 2.44. The Bertz CT molecular complexity index is 1060. The lowest BCUT2D eigenvalue weighted by Crippen LogP contribution is -2.63. The molecular weight excluding hydrogens is 422 g/mol. The molecule has 3 rings (SSSR count). The lowest BCUT2D eigenvalue weighted by molar-refractivity contribution is -0.247. The van der Waals surface area contributed by atoms with Gasteiger partial charge in [-0.2, -0.15) is 5.26 Å². The molecular formula is C25H31N3O5. The van der Waals surface area contributed by atoms with Gasteiger partial charge in [-0.3, -0.25) is 4.79 Å². The minimum atomic E-state index is -1.50. The van der Waals surface area contributed by atoms with Crippen LogP contribution < -0.4 is 10.2 Å². The second-order valence-corrected chi connectivity index (χ2v) is 8.09. The largest absolute Gasteiger partial charge is 0.388 e. The zero-order valence-electron chi connectivity index (χ0n) is 19.1. The second-order valence-electron chi connectivity index (χ2n) is 8.09. The molecule has 2 aromatic rings. The maximum absolute atomic E-state index is 12.7. The van der Waals surface area contributed by atoms with Crippen LogP contribution in [0.2, 0.25) is 0 Å². The second kappa shape index (κ2) is 10.8. The first-order chi connectivity index (χ1) is 15.8. The molecule has 0 saturated carbocycles. The van der Waals surface area contributed by atoms with Crippen molar-refractivity contribution in [2.75, 3.05) is 18.0 Å². The quantitative estimate of drug-likeness (QED) is 0.373. The Hall–Kier alpha value is -2.96. The van der Waals surface area contributed by atoms with E-state index in [9.17, 15) is 25.4 Å². The summed E-state index contributed by atoms with van der Waals surface area (Å²) in [7, 11) is 0. The van der Waals surface area contributed by atoms with E-state index in [1.54, 1.807) is 6.92 Å². The van der Waals surface area contributed by atoms with Crippen molar-refractivity contribution < 1.29 is 24.9 Å². The molecule has 1 amide bonds. The molecule has 5 atom stereocenters. The minimum Gasteiger partial charge on any atom is -0.388 e. The number of fused-ring (bicyclic) bond motifs is 1. The van der Waals surface area contributed by atoms with Crippen molar-refractivity contribution in [1.82, 2.24) is 5.32 Å². The van der Waals surface area contributed by atoms with E-state index < -0.39 is 36.6 Å². The van der Waals surface area contributed by atoms with Crippen LogP contribution in [0.25, 0.3) is 16.8 Å². The maximum Gasteiger partial charge on any atom is 0.262 e. The Morgan fingerprint density at radius 1 is 1.09 bits per heavy atom. The van der Waals surface area contributed by atoms with Gasteiger partial charge >= 0.3 is 0 Å². The Morgan fingerprint density at radius 3 is 2.39 bits per heavy atom. The monoisotopic (exact) mass is 453 g/mol. The van der Waals surface area contributed by atoms with Crippen molar-refractivity contribution in [3.8, 4) is 6.07 Å². The van der Waals surface area contributed by atoms with E-state index in [0.29, 0.717) is 12.0 Å². The summed E-state index contributed by atoms with van der Waals surface area (Å²) in [5.74, 6) is -0.775.